The fourth-order valence-corrected chi connectivity index (χ4v) is 1.55. The van der Waals surface area contributed by atoms with Gasteiger partial charge in [-0.2, -0.15) is 0 Å². The third kappa shape index (κ3) is 4.94. The molecule has 0 fully saturated rings. The Hall–Kier alpha value is -1.25. The molecule has 1 rings (SSSR count). The number of carbonyl (C=O) groups is 1. The van der Waals surface area contributed by atoms with Crippen LogP contribution in [0.25, 0.3) is 0 Å². The summed E-state index contributed by atoms with van der Waals surface area (Å²) in [7, 11) is 0. The number of nitrogens with zero attached hydrogens (tertiary/aromatic N) is 1. The highest BCUT2D eigenvalue weighted by atomic mass is 19.1. The summed E-state index contributed by atoms with van der Waals surface area (Å²) in [4.78, 5) is 15.1. The highest BCUT2D eigenvalue weighted by molar-refractivity contribution is 5.74. The van der Waals surface area contributed by atoms with E-state index in [-0.39, 0.29) is 5.41 Å². The average Bonchev–Trinajstić information content (AvgIpc) is 2.26. The quantitative estimate of drug-likeness (QED) is 0.686. The van der Waals surface area contributed by atoms with Crippen LogP contribution in [-0.4, -0.2) is 24.2 Å². The fraction of sp³-hybridized carbons (Fsp3) is 0.600. The Morgan fingerprint density at radius 2 is 1.94 bits per heavy atom. The second-order valence-electron chi connectivity index (χ2n) is 5.13. The third-order valence-electron chi connectivity index (χ3n) is 2.50. The average molecular weight is 253 g/mol. The normalized spacial score (nSPS) is 23.9. The van der Waals surface area contributed by atoms with Crippen molar-refractivity contribution in [2.75, 3.05) is 0 Å². The van der Waals surface area contributed by atoms with Gasteiger partial charge in [0.05, 0.1) is 0 Å². The molecule has 1 unspecified atom stereocenters. The second-order valence-corrected chi connectivity index (χ2v) is 5.13. The van der Waals surface area contributed by atoms with E-state index in [9.17, 15) is 9.18 Å². The molecule has 0 aromatic rings. The minimum atomic E-state index is -1.53. The van der Waals surface area contributed by atoms with E-state index in [1.165, 1.54) is 13.8 Å². The highest BCUT2D eigenvalue weighted by Crippen LogP contribution is 2.27. The molecular formula is C15H24FNO. The summed E-state index contributed by atoms with van der Waals surface area (Å²) in [6, 6.07) is -0.718. The van der Waals surface area contributed by atoms with E-state index in [0.29, 0.717) is 11.9 Å². The molecule has 1 aliphatic heterocycles. The third-order valence-corrected chi connectivity index (χ3v) is 2.50. The molecule has 0 saturated carbocycles. The molecule has 0 aliphatic carbocycles. The van der Waals surface area contributed by atoms with E-state index >= 15 is 0 Å². The number of aldehydes is 1. The van der Waals surface area contributed by atoms with E-state index in [1.54, 1.807) is 18.4 Å². The molecule has 0 aromatic carbocycles. The van der Waals surface area contributed by atoms with Crippen LogP contribution in [0.2, 0.25) is 0 Å². The van der Waals surface area contributed by atoms with Gasteiger partial charge >= 0.3 is 0 Å². The lowest BCUT2D eigenvalue weighted by atomic mass is 9.89. The minimum absolute atomic E-state index is 0.205. The number of aliphatic imine (C=N–C) groups is 1. The van der Waals surface area contributed by atoms with Crippen LogP contribution in [0.3, 0.4) is 0 Å². The van der Waals surface area contributed by atoms with Crippen molar-refractivity contribution in [3.8, 4) is 0 Å². The van der Waals surface area contributed by atoms with Gasteiger partial charge in [0.15, 0.2) is 0 Å². The Balaban J connectivity index is 0.00000137. The summed E-state index contributed by atoms with van der Waals surface area (Å²) < 4.78 is 13.9. The first-order valence-corrected chi connectivity index (χ1v) is 6.35. The van der Waals surface area contributed by atoms with Gasteiger partial charge < -0.3 is 4.79 Å². The van der Waals surface area contributed by atoms with Crippen LogP contribution in [0.4, 0.5) is 4.39 Å². The van der Waals surface area contributed by atoms with E-state index in [1.807, 2.05) is 33.8 Å². The van der Waals surface area contributed by atoms with Crippen LogP contribution in [0.1, 0.15) is 41.5 Å². The molecule has 3 heteroatoms. The molecule has 18 heavy (non-hydrogen) atoms. The predicted molar refractivity (Wildman–Crippen MR) is 75.9 cm³/mol. The van der Waals surface area contributed by atoms with Crippen LogP contribution < -0.4 is 0 Å². The number of rotatable bonds is 2. The monoisotopic (exact) mass is 253 g/mol. The lowest BCUT2D eigenvalue weighted by Crippen LogP contribution is -2.28. The number of carbonyl (C=O) groups excluding carboxylic acids is 1. The van der Waals surface area contributed by atoms with Crippen molar-refractivity contribution in [2.24, 2.45) is 10.4 Å². The van der Waals surface area contributed by atoms with E-state index in [0.717, 1.165) is 0 Å². The molecule has 0 aromatic heterocycles. The zero-order chi connectivity index (χ0) is 14.4. The van der Waals surface area contributed by atoms with Gasteiger partial charge in [-0.1, -0.05) is 45.9 Å². The molecule has 0 saturated heterocycles. The molecule has 0 spiro atoms. The van der Waals surface area contributed by atoms with Crippen molar-refractivity contribution in [3.63, 3.8) is 0 Å². The minimum Gasteiger partial charge on any atom is -0.301 e. The van der Waals surface area contributed by atoms with Crippen molar-refractivity contribution >= 4 is 12.5 Å². The molecule has 0 bridgehead atoms. The SMILES string of the molecule is CC.CC1(C)C=NC(C=O)C(C(C)(C)F)=C/C=C\1. The van der Waals surface area contributed by atoms with Crippen LogP contribution in [0, 0.1) is 5.41 Å². The highest BCUT2D eigenvalue weighted by Gasteiger charge is 2.29. The van der Waals surface area contributed by atoms with Crippen molar-refractivity contribution < 1.29 is 9.18 Å². The fourth-order valence-electron chi connectivity index (χ4n) is 1.55. The first kappa shape index (κ1) is 16.8. The van der Waals surface area contributed by atoms with Gasteiger partial charge in [0.1, 0.15) is 18.0 Å². The summed E-state index contributed by atoms with van der Waals surface area (Å²) in [5, 5.41) is 0. The largest absolute Gasteiger partial charge is 0.301 e. The Morgan fingerprint density at radius 3 is 2.39 bits per heavy atom. The van der Waals surface area contributed by atoms with Gasteiger partial charge in [-0.15, -0.1) is 0 Å². The smallest absolute Gasteiger partial charge is 0.148 e. The maximum absolute atomic E-state index is 13.9. The molecule has 1 atom stereocenters. The van der Waals surface area contributed by atoms with Gasteiger partial charge in [-0.25, -0.2) is 4.39 Å². The van der Waals surface area contributed by atoms with Gasteiger partial charge in [-0.3, -0.25) is 4.99 Å². The van der Waals surface area contributed by atoms with Gasteiger partial charge in [0.2, 0.25) is 0 Å². The standard InChI is InChI=1S/C13H18FNO.C2H6/c1-12(2)7-5-6-10(13(3,4)14)11(8-16)15-9-12;1-2/h5-9,11H,1-4H3;1-2H3/b7-5-,10-6?,15-9?;. The number of allylic oxidation sites excluding steroid dienone is 3. The molecule has 0 radical (unpaired) electrons. The lowest BCUT2D eigenvalue weighted by Gasteiger charge is -2.24. The first-order valence-electron chi connectivity index (χ1n) is 6.35. The van der Waals surface area contributed by atoms with Crippen LogP contribution in [-0.2, 0) is 4.79 Å². The Kier molecular flexibility index (Phi) is 6.16. The maximum Gasteiger partial charge on any atom is 0.148 e. The molecule has 0 N–H and O–H groups in total. The molecule has 1 heterocycles. The van der Waals surface area contributed by atoms with Crippen LogP contribution >= 0.6 is 0 Å². The Bertz CT molecular complexity index is 359. The summed E-state index contributed by atoms with van der Waals surface area (Å²) in [6.07, 6.45) is 7.75. The van der Waals surface area contributed by atoms with Gasteiger partial charge in [-0.05, 0) is 19.4 Å². The molecular weight excluding hydrogens is 229 g/mol. The van der Waals surface area contributed by atoms with Crippen molar-refractivity contribution in [2.45, 2.75) is 53.3 Å². The van der Waals surface area contributed by atoms with E-state index in [4.69, 9.17) is 0 Å². The number of hydrogen-bond acceptors (Lipinski definition) is 2. The maximum atomic E-state index is 13.9. The zero-order valence-electron chi connectivity index (χ0n) is 12.2. The number of halogens is 1. The van der Waals surface area contributed by atoms with Gasteiger partial charge in [0, 0.05) is 11.6 Å². The van der Waals surface area contributed by atoms with Crippen molar-refractivity contribution in [1.82, 2.24) is 0 Å². The van der Waals surface area contributed by atoms with E-state index in [2.05, 4.69) is 4.99 Å². The summed E-state index contributed by atoms with van der Waals surface area (Å²) >= 11 is 0. The Labute approximate surface area is 110 Å². The van der Waals surface area contributed by atoms with Gasteiger partial charge in [0.25, 0.3) is 0 Å². The number of hydrogen-bond donors (Lipinski definition) is 0. The number of alkyl halides is 1. The Morgan fingerprint density at radius 1 is 1.39 bits per heavy atom. The molecule has 0 amide bonds. The van der Waals surface area contributed by atoms with Crippen LogP contribution in [0.15, 0.2) is 28.8 Å². The second kappa shape index (κ2) is 6.62. The summed E-state index contributed by atoms with van der Waals surface area (Å²) in [6.45, 7) is 10.8. The molecule has 2 nitrogen and oxygen atoms in total. The lowest BCUT2D eigenvalue weighted by molar-refractivity contribution is -0.108. The zero-order valence-corrected chi connectivity index (χ0v) is 12.2. The predicted octanol–water partition coefficient (Wildman–Crippen LogP) is 3.92. The van der Waals surface area contributed by atoms with Crippen molar-refractivity contribution in [1.29, 1.82) is 0 Å². The summed E-state index contributed by atoms with van der Waals surface area (Å²) in [5.74, 6) is 0. The topological polar surface area (TPSA) is 29.4 Å². The summed E-state index contributed by atoms with van der Waals surface area (Å²) in [5.41, 5.74) is -1.34. The van der Waals surface area contributed by atoms with Crippen molar-refractivity contribution in [3.05, 3.63) is 23.8 Å². The molecule has 1 aliphatic rings. The first-order chi connectivity index (χ1) is 8.26. The van der Waals surface area contributed by atoms with E-state index < -0.39 is 11.7 Å². The molecule has 102 valence electrons. The van der Waals surface area contributed by atoms with Crippen LogP contribution in [0.5, 0.6) is 0 Å².